The molecule has 0 aliphatic rings. The van der Waals surface area contributed by atoms with Crippen LogP contribution in [0.15, 0.2) is 33.7 Å². The third-order valence-electron chi connectivity index (χ3n) is 2.12. The Hall–Kier alpha value is -1.80. The smallest absolute Gasteiger partial charge is 0.241 e. The highest BCUT2D eigenvalue weighted by atomic mass is 32.2. The second kappa shape index (κ2) is 5.51. The molecular formula is C12H11N3OS. The summed E-state index contributed by atoms with van der Waals surface area (Å²) in [6.07, 6.45) is 0.150. The van der Waals surface area contributed by atoms with Crippen molar-refractivity contribution in [1.29, 1.82) is 5.26 Å². The van der Waals surface area contributed by atoms with Gasteiger partial charge in [0.2, 0.25) is 11.7 Å². The van der Waals surface area contributed by atoms with Crippen molar-refractivity contribution in [3.8, 4) is 17.5 Å². The minimum absolute atomic E-state index is 0.150. The van der Waals surface area contributed by atoms with Crippen LogP contribution in [0.25, 0.3) is 11.4 Å². The highest BCUT2D eigenvalue weighted by Crippen LogP contribution is 2.22. The van der Waals surface area contributed by atoms with Gasteiger partial charge < -0.3 is 4.52 Å². The molecule has 17 heavy (non-hydrogen) atoms. The van der Waals surface area contributed by atoms with Crippen LogP contribution in [0.3, 0.4) is 0 Å². The molecule has 0 atom stereocenters. The molecule has 1 aromatic heterocycles. The van der Waals surface area contributed by atoms with Crippen molar-refractivity contribution in [3.63, 3.8) is 0 Å². The molecule has 2 rings (SSSR count). The SMILES string of the molecule is CCSc1ccc(-c2noc(CC#N)n2)cc1. The molecule has 0 radical (unpaired) electrons. The quantitative estimate of drug-likeness (QED) is 0.775. The van der Waals surface area contributed by atoms with Crippen LogP contribution < -0.4 is 0 Å². The largest absolute Gasteiger partial charge is 0.338 e. The highest BCUT2D eigenvalue weighted by Gasteiger charge is 2.07. The van der Waals surface area contributed by atoms with Crippen molar-refractivity contribution in [2.45, 2.75) is 18.2 Å². The molecule has 1 heterocycles. The van der Waals surface area contributed by atoms with Gasteiger partial charge in [0.1, 0.15) is 6.42 Å². The molecule has 0 aliphatic heterocycles. The summed E-state index contributed by atoms with van der Waals surface area (Å²) < 4.78 is 4.95. The van der Waals surface area contributed by atoms with Crippen LogP contribution in [-0.2, 0) is 6.42 Å². The van der Waals surface area contributed by atoms with Gasteiger partial charge in [0.15, 0.2) is 0 Å². The maximum absolute atomic E-state index is 8.51. The van der Waals surface area contributed by atoms with Gasteiger partial charge in [0, 0.05) is 10.5 Å². The number of benzene rings is 1. The van der Waals surface area contributed by atoms with Gasteiger partial charge in [-0.25, -0.2) is 0 Å². The number of hydrogen-bond donors (Lipinski definition) is 0. The molecule has 0 N–H and O–H groups in total. The average Bonchev–Trinajstić information content (AvgIpc) is 2.80. The lowest BCUT2D eigenvalue weighted by Gasteiger charge is -1.98. The van der Waals surface area contributed by atoms with Crippen molar-refractivity contribution in [2.24, 2.45) is 0 Å². The first-order valence-electron chi connectivity index (χ1n) is 5.26. The van der Waals surface area contributed by atoms with Crippen molar-refractivity contribution in [2.75, 3.05) is 5.75 Å². The van der Waals surface area contributed by atoms with Crippen molar-refractivity contribution < 1.29 is 4.52 Å². The molecule has 1 aromatic carbocycles. The highest BCUT2D eigenvalue weighted by molar-refractivity contribution is 7.99. The average molecular weight is 245 g/mol. The lowest BCUT2D eigenvalue weighted by Crippen LogP contribution is -1.83. The molecule has 0 unspecified atom stereocenters. The Balaban J connectivity index is 2.18. The Morgan fingerprint density at radius 3 is 2.76 bits per heavy atom. The van der Waals surface area contributed by atoms with Gasteiger partial charge in [-0.3, -0.25) is 0 Å². The van der Waals surface area contributed by atoms with E-state index < -0.39 is 0 Å². The molecule has 0 bridgehead atoms. The van der Waals surface area contributed by atoms with E-state index >= 15 is 0 Å². The third-order valence-corrected chi connectivity index (χ3v) is 3.02. The fourth-order valence-corrected chi connectivity index (χ4v) is 2.04. The van der Waals surface area contributed by atoms with Crippen LogP contribution in [0.2, 0.25) is 0 Å². The van der Waals surface area contributed by atoms with E-state index in [4.69, 9.17) is 9.78 Å². The Kier molecular flexibility index (Phi) is 3.78. The monoisotopic (exact) mass is 245 g/mol. The zero-order valence-electron chi connectivity index (χ0n) is 9.38. The lowest BCUT2D eigenvalue weighted by molar-refractivity contribution is 0.388. The minimum Gasteiger partial charge on any atom is -0.338 e. The summed E-state index contributed by atoms with van der Waals surface area (Å²) in [4.78, 5) is 5.36. The predicted molar refractivity (Wildman–Crippen MR) is 65.4 cm³/mol. The number of nitrogens with zero attached hydrogens (tertiary/aromatic N) is 3. The minimum atomic E-state index is 0.150. The molecule has 86 valence electrons. The first-order chi connectivity index (χ1) is 8.33. The van der Waals surface area contributed by atoms with Crippen LogP contribution >= 0.6 is 11.8 Å². The summed E-state index contributed by atoms with van der Waals surface area (Å²) >= 11 is 1.79. The van der Waals surface area contributed by atoms with E-state index in [0.717, 1.165) is 11.3 Å². The van der Waals surface area contributed by atoms with E-state index in [0.29, 0.717) is 11.7 Å². The summed E-state index contributed by atoms with van der Waals surface area (Å²) in [5.74, 6) is 1.94. The Labute approximate surface area is 104 Å². The van der Waals surface area contributed by atoms with E-state index in [1.54, 1.807) is 11.8 Å². The number of rotatable bonds is 4. The van der Waals surface area contributed by atoms with Gasteiger partial charge in [-0.15, -0.1) is 11.8 Å². The number of thioether (sulfide) groups is 1. The molecule has 5 heteroatoms. The predicted octanol–water partition coefficient (Wildman–Crippen LogP) is 2.91. The van der Waals surface area contributed by atoms with E-state index in [-0.39, 0.29) is 6.42 Å². The van der Waals surface area contributed by atoms with Crippen LogP contribution in [-0.4, -0.2) is 15.9 Å². The van der Waals surface area contributed by atoms with Gasteiger partial charge in [-0.1, -0.05) is 12.1 Å². The fraction of sp³-hybridized carbons (Fsp3) is 0.250. The second-order valence-electron chi connectivity index (χ2n) is 3.30. The van der Waals surface area contributed by atoms with Crippen molar-refractivity contribution >= 4 is 11.8 Å². The standard InChI is InChI=1S/C12H11N3OS/c1-2-17-10-5-3-9(4-6-10)12-14-11(7-8-13)16-15-12/h3-6H,2,7H2,1H3. The molecule has 0 saturated heterocycles. The number of hydrogen-bond acceptors (Lipinski definition) is 5. The second-order valence-corrected chi connectivity index (χ2v) is 4.64. The summed E-state index contributed by atoms with van der Waals surface area (Å²) in [5.41, 5.74) is 0.901. The van der Waals surface area contributed by atoms with E-state index in [1.807, 2.05) is 30.3 Å². The summed E-state index contributed by atoms with van der Waals surface area (Å²) in [6, 6.07) is 9.95. The van der Waals surface area contributed by atoms with Gasteiger partial charge in [0.25, 0.3) is 0 Å². The Bertz CT molecular complexity index is 527. The zero-order chi connectivity index (χ0) is 12.1. The lowest BCUT2D eigenvalue weighted by atomic mass is 10.2. The Morgan fingerprint density at radius 1 is 1.35 bits per heavy atom. The molecular weight excluding hydrogens is 234 g/mol. The van der Waals surface area contributed by atoms with Crippen molar-refractivity contribution in [3.05, 3.63) is 30.2 Å². The van der Waals surface area contributed by atoms with Crippen LogP contribution in [0, 0.1) is 11.3 Å². The molecule has 0 aliphatic carbocycles. The topological polar surface area (TPSA) is 62.7 Å². The van der Waals surface area contributed by atoms with Gasteiger partial charge >= 0.3 is 0 Å². The molecule has 0 saturated carbocycles. The van der Waals surface area contributed by atoms with Gasteiger partial charge in [-0.05, 0) is 30.0 Å². The molecule has 0 fully saturated rings. The van der Waals surface area contributed by atoms with Crippen LogP contribution in [0.1, 0.15) is 12.8 Å². The molecule has 0 amide bonds. The summed E-state index contributed by atoms with van der Waals surface area (Å²) in [5, 5.41) is 12.4. The van der Waals surface area contributed by atoms with Crippen LogP contribution in [0.4, 0.5) is 0 Å². The van der Waals surface area contributed by atoms with Crippen LogP contribution in [0.5, 0.6) is 0 Å². The first-order valence-corrected chi connectivity index (χ1v) is 6.25. The molecule has 2 aromatic rings. The van der Waals surface area contributed by atoms with Gasteiger partial charge in [0.05, 0.1) is 6.07 Å². The zero-order valence-corrected chi connectivity index (χ0v) is 10.2. The van der Waals surface area contributed by atoms with Gasteiger partial charge in [-0.2, -0.15) is 10.2 Å². The first kappa shape index (κ1) is 11.7. The summed E-state index contributed by atoms with van der Waals surface area (Å²) in [6.45, 7) is 2.12. The molecule has 0 spiro atoms. The normalized spacial score (nSPS) is 10.1. The number of aromatic nitrogens is 2. The summed E-state index contributed by atoms with van der Waals surface area (Å²) in [7, 11) is 0. The van der Waals surface area contributed by atoms with Crippen molar-refractivity contribution in [1.82, 2.24) is 10.1 Å². The third kappa shape index (κ3) is 2.86. The number of nitriles is 1. The van der Waals surface area contributed by atoms with E-state index in [1.165, 1.54) is 4.90 Å². The maximum Gasteiger partial charge on any atom is 0.241 e. The maximum atomic E-state index is 8.51. The van der Waals surface area contributed by atoms with E-state index in [2.05, 4.69) is 17.1 Å². The van der Waals surface area contributed by atoms with E-state index in [9.17, 15) is 0 Å². The molecule has 4 nitrogen and oxygen atoms in total. The fourth-order valence-electron chi connectivity index (χ4n) is 1.38. The Morgan fingerprint density at radius 2 is 2.12 bits per heavy atom.